The van der Waals surface area contributed by atoms with Crippen molar-refractivity contribution in [1.29, 1.82) is 0 Å². The second-order valence-corrected chi connectivity index (χ2v) is 9.44. The second kappa shape index (κ2) is 10.4. The SMILES string of the molecule is O=C(O)c1cccc(CN2CC(Oc3ccc(COc4cnc5ccccc5c4)cc3)C2)c1-n1cccc1. The van der Waals surface area contributed by atoms with Gasteiger partial charge in [-0.3, -0.25) is 9.88 Å². The number of fused-ring (bicyclic) bond motifs is 1. The van der Waals surface area contributed by atoms with E-state index in [0.717, 1.165) is 46.6 Å². The van der Waals surface area contributed by atoms with Crippen LogP contribution in [0.3, 0.4) is 0 Å². The summed E-state index contributed by atoms with van der Waals surface area (Å²) < 4.78 is 14.0. The van der Waals surface area contributed by atoms with E-state index in [1.807, 2.05) is 89.8 Å². The van der Waals surface area contributed by atoms with Gasteiger partial charge in [0.15, 0.2) is 0 Å². The first-order valence-electron chi connectivity index (χ1n) is 12.6. The Bertz CT molecular complexity index is 1560. The van der Waals surface area contributed by atoms with Crippen LogP contribution in [0.4, 0.5) is 0 Å². The van der Waals surface area contributed by atoms with Crippen molar-refractivity contribution in [2.45, 2.75) is 19.3 Å². The molecule has 0 radical (unpaired) electrons. The third-order valence-electron chi connectivity index (χ3n) is 6.73. The van der Waals surface area contributed by atoms with Crippen molar-refractivity contribution in [3.8, 4) is 17.2 Å². The highest BCUT2D eigenvalue weighted by Crippen LogP contribution is 2.26. The van der Waals surface area contributed by atoms with Crippen molar-refractivity contribution in [1.82, 2.24) is 14.5 Å². The Labute approximate surface area is 220 Å². The number of benzene rings is 3. The first kappa shape index (κ1) is 23.8. The minimum atomic E-state index is -0.928. The molecule has 2 aromatic heterocycles. The molecule has 6 rings (SSSR count). The van der Waals surface area contributed by atoms with Gasteiger partial charge in [-0.05, 0) is 53.6 Å². The number of carbonyl (C=O) groups is 1. The van der Waals surface area contributed by atoms with E-state index < -0.39 is 5.97 Å². The largest absolute Gasteiger partial charge is 0.488 e. The number of rotatable bonds is 9. The monoisotopic (exact) mass is 505 g/mol. The Morgan fingerprint density at radius 3 is 2.50 bits per heavy atom. The molecule has 190 valence electrons. The predicted octanol–water partition coefficient (Wildman–Crippen LogP) is 5.57. The van der Waals surface area contributed by atoms with Crippen LogP contribution in [0.2, 0.25) is 0 Å². The number of nitrogens with zero attached hydrogens (tertiary/aromatic N) is 3. The van der Waals surface area contributed by atoms with Gasteiger partial charge in [-0.2, -0.15) is 0 Å². The van der Waals surface area contributed by atoms with E-state index in [2.05, 4.69) is 9.88 Å². The first-order chi connectivity index (χ1) is 18.6. The predicted molar refractivity (Wildman–Crippen MR) is 145 cm³/mol. The van der Waals surface area contributed by atoms with Gasteiger partial charge < -0.3 is 19.1 Å². The van der Waals surface area contributed by atoms with Gasteiger partial charge in [-0.25, -0.2) is 4.79 Å². The van der Waals surface area contributed by atoms with E-state index in [9.17, 15) is 9.90 Å². The molecule has 0 atom stereocenters. The molecule has 7 nitrogen and oxygen atoms in total. The Balaban J connectivity index is 1.02. The first-order valence-corrected chi connectivity index (χ1v) is 12.6. The summed E-state index contributed by atoms with van der Waals surface area (Å²) in [6, 6.07) is 27.2. The Morgan fingerprint density at radius 2 is 1.71 bits per heavy atom. The van der Waals surface area contributed by atoms with Crippen LogP contribution >= 0.6 is 0 Å². The molecule has 1 aliphatic heterocycles. The molecule has 38 heavy (non-hydrogen) atoms. The van der Waals surface area contributed by atoms with E-state index in [0.29, 0.717) is 24.4 Å². The van der Waals surface area contributed by atoms with Gasteiger partial charge in [0.1, 0.15) is 24.2 Å². The number of para-hydroxylation sites is 2. The normalized spacial score (nSPS) is 13.8. The Kier molecular flexibility index (Phi) is 6.50. The average molecular weight is 506 g/mol. The van der Waals surface area contributed by atoms with Crippen LogP contribution in [-0.2, 0) is 13.2 Å². The summed E-state index contributed by atoms with van der Waals surface area (Å²) in [6.45, 7) is 2.68. The van der Waals surface area contributed by atoms with Gasteiger partial charge >= 0.3 is 5.97 Å². The molecule has 1 saturated heterocycles. The number of hydrogen-bond acceptors (Lipinski definition) is 5. The zero-order chi connectivity index (χ0) is 25.9. The summed E-state index contributed by atoms with van der Waals surface area (Å²) in [6.07, 6.45) is 5.60. The van der Waals surface area contributed by atoms with Crippen LogP contribution in [0, 0.1) is 0 Å². The number of aromatic nitrogens is 2. The third-order valence-corrected chi connectivity index (χ3v) is 6.73. The summed E-state index contributed by atoms with van der Waals surface area (Å²) in [5.74, 6) is 0.641. The maximum absolute atomic E-state index is 11.8. The number of likely N-dealkylation sites (tertiary alicyclic amines) is 1. The maximum Gasteiger partial charge on any atom is 0.337 e. The van der Waals surface area contributed by atoms with Crippen LogP contribution in [0.25, 0.3) is 16.6 Å². The molecule has 5 aromatic rings. The fraction of sp³-hybridized carbons (Fsp3) is 0.161. The van der Waals surface area contributed by atoms with E-state index in [1.165, 1.54) is 0 Å². The lowest BCUT2D eigenvalue weighted by Gasteiger charge is -2.39. The Morgan fingerprint density at radius 1 is 0.921 bits per heavy atom. The van der Waals surface area contributed by atoms with Crippen molar-refractivity contribution in [3.05, 3.63) is 120 Å². The van der Waals surface area contributed by atoms with Crippen LogP contribution in [0.15, 0.2) is 104 Å². The fourth-order valence-electron chi connectivity index (χ4n) is 4.80. The molecule has 0 bridgehead atoms. The number of ether oxygens (including phenoxy) is 2. The van der Waals surface area contributed by atoms with Crippen molar-refractivity contribution >= 4 is 16.9 Å². The maximum atomic E-state index is 11.8. The summed E-state index contributed by atoms with van der Waals surface area (Å²) in [7, 11) is 0. The summed E-state index contributed by atoms with van der Waals surface area (Å²) >= 11 is 0. The van der Waals surface area contributed by atoms with Crippen molar-refractivity contribution in [3.63, 3.8) is 0 Å². The molecule has 1 fully saturated rings. The van der Waals surface area contributed by atoms with Crippen LogP contribution in [0.5, 0.6) is 11.5 Å². The number of carboxylic acids is 1. The zero-order valence-corrected chi connectivity index (χ0v) is 20.7. The molecular formula is C31H27N3O4. The molecule has 7 heteroatoms. The van der Waals surface area contributed by atoms with Crippen molar-refractivity contribution in [2.24, 2.45) is 0 Å². The van der Waals surface area contributed by atoms with E-state index in [1.54, 1.807) is 18.3 Å². The van der Waals surface area contributed by atoms with Gasteiger partial charge in [-0.1, -0.05) is 42.5 Å². The number of aromatic carboxylic acids is 1. The van der Waals surface area contributed by atoms with Gasteiger partial charge in [0, 0.05) is 37.4 Å². The highest BCUT2D eigenvalue weighted by atomic mass is 16.5. The highest BCUT2D eigenvalue weighted by molar-refractivity contribution is 5.92. The lowest BCUT2D eigenvalue weighted by molar-refractivity contribution is 0.0145. The smallest absolute Gasteiger partial charge is 0.337 e. The quantitative estimate of drug-likeness (QED) is 0.282. The van der Waals surface area contributed by atoms with Gasteiger partial charge in [0.25, 0.3) is 0 Å². The zero-order valence-electron chi connectivity index (χ0n) is 20.7. The van der Waals surface area contributed by atoms with Crippen LogP contribution < -0.4 is 9.47 Å². The summed E-state index contributed by atoms with van der Waals surface area (Å²) in [5, 5.41) is 10.7. The van der Waals surface area contributed by atoms with Gasteiger partial charge in [0.2, 0.25) is 0 Å². The molecule has 0 unspecified atom stereocenters. The van der Waals surface area contributed by atoms with Gasteiger partial charge in [-0.15, -0.1) is 0 Å². The lowest BCUT2D eigenvalue weighted by Crippen LogP contribution is -2.53. The van der Waals surface area contributed by atoms with E-state index >= 15 is 0 Å². The van der Waals surface area contributed by atoms with Crippen LogP contribution in [0.1, 0.15) is 21.5 Å². The molecular weight excluding hydrogens is 478 g/mol. The molecule has 3 aromatic carbocycles. The molecule has 0 spiro atoms. The molecule has 0 amide bonds. The average Bonchev–Trinajstić information content (AvgIpc) is 3.46. The topological polar surface area (TPSA) is 76.8 Å². The molecule has 3 heterocycles. The summed E-state index contributed by atoms with van der Waals surface area (Å²) in [5.41, 5.74) is 3.99. The van der Waals surface area contributed by atoms with Gasteiger partial charge in [0.05, 0.1) is 23.0 Å². The van der Waals surface area contributed by atoms with Crippen molar-refractivity contribution in [2.75, 3.05) is 13.1 Å². The van der Waals surface area contributed by atoms with Crippen molar-refractivity contribution < 1.29 is 19.4 Å². The van der Waals surface area contributed by atoms with Crippen LogP contribution in [-0.4, -0.2) is 44.7 Å². The summed E-state index contributed by atoms with van der Waals surface area (Å²) in [4.78, 5) is 18.5. The highest BCUT2D eigenvalue weighted by Gasteiger charge is 2.29. The molecule has 1 N–H and O–H groups in total. The second-order valence-electron chi connectivity index (χ2n) is 9.44. The molecule has 1 aliphatic rings. The van der Waals surface area contributed by atoms with E-state index in [-0.39, 0.29) is 6.10 Å². The Hall–Kier alpha value is -4.62. The standard InChI is InChI=1S/C31H27N3O4/c35-31(36)28-8-5-7-24(30(28)34-14-3-4-15-34)18-33-19-27(20-33)38-25-12-10-22(11-13-25)21-37-26-16-23-6-1-2-9-29(23)32-17-26/h1-17,27H,18-21H2,(H,35,36). The number of carboxylic acid groups (broad SMARTS) is 1. The fourth-order valence-corrected chi connectivity index (χ4v) is 4.80. The molecule has 0 saturated carbocycles. The molecule has 0 aliphatic carbocycles. The number of hydrogen-bond donors (Lipinski definition) is 1. The number of pyridine rings is 1. The lowest BCUT2D eigenvalue weighted by atomic mass is 10.0. The third kappa shape index (κ3) is 5.10. The van der Waals surface area contributed by atoms with E-state index in [4.69, 9.17) is 9.47 Å². The minimum absolute atomic E-state index is 0.0958. The minimum Gasteiger partial charge on any atom is -0.488 e.